The highest BCUT2D eigenvalue weighted by Crippen LogP contribution is 1.66. The molecule has 6 heavy (non-hydrogen) atoms. The first-order valence-electron chi connectivity index (χ1n) is 1.51. The van der Waals surface area contributed by atoms with Crippen LogP contribution < -0.4 is 0 Å². The molecule has 0 amide bonds. The van der Waals surface area contributed by atoms with E-state index in [1.807, 2.05) is 0 Å². The molecule has 0 saturated heterocycles. The van der Waals surface area contributed by atoms with Crippen LogP contribution >= 0.6 is 0 Å². The second-order valence-corrected chi connectivity index (χ2v) is 11.7. The summed E-state index contributed by atoms with van der Waals surface area (Å²) in [5.41, 5.74) is 0. The molecule has 0 aliphatic heterocycles. The first kappa shape index (κ1) is 6.34. The van der Waals surface area contributed by atoms with E-state index in [9.17, 15) is 8.42 Å². The predicted octanol–water partition coefficient (Wildman–Crippen LogP) is -2.76. The van der Waals surface area contributed by atoms with Crippen LogP contribution in [0.4, 0.5) is 0 Å². The molecule has 0 unspecified atom stereocenters. The van der Waals surface area contributed by atoms with E-state index in [4.69, 9.17) is 4.55 Å². The van der Waals surface area contributed by atoms with E-state index in [2.05, 4.69) is 0 Å². The summed E-state index contributed by atoms with van der Waals surface area (Å²) in [7, 11) is -3.89. The lowest BCUT2D eigenvalue weighted by Gasteiger charge is -1.79. The lowest BCUT2D eigenvalue weighted by molar-refractivity contribution is 0.501. The van der Waals surface area contributed by atoms with E-state index >= 15 is 0 Å². The standard InChI is InChI=1S/H6O3SSi2/c1-4(2,3)6-5/h6H2,5H3,(H,1,2,3). The molecule has 0 radical (unpaired) electrons. The number of hydrogen-bond donors (Lipinski definition) is 1. The molecule has 0 heterocycles. The van der Waals surface area contributed by atoms with Crippen LogP contribution in [0.5, 0.6) is 0 Å². The maximum absolute atomic E-state index is 9.65. The van der Waals surface area contributed by atoms with Crippen LogP contribution in [0.25, 0.3) is 0 Å². The Labute approximate surface area is 41.2 Å². The van der Waals surface area contributed by atoms with Crippen molar-refractivity contribution >= 4 is 27.5 Å². The van der Waals surface area contributed by atoms with E-state index in [-0.39, 0.29) is 0 Å². The minimum Gasteiger partial charge on any atom is -0.292 e. The molecule has 0 aliphatic carbocycles. The largest absolute Gasteiger partial charge is 0.292 e. The highest BCUT2D eigenvalue weighted by atomic mass is 32.4. The Morgan fingerprint density at radius 3 is 1.83 bits per heavy atom. The maximum atomic E-state index is 9.65. The molecule has 38 valence electrons. The van der Waals surface area contributed by atoms with Gasteiger partial charge in [-0.25, -0.2) is 8.42 Å². The van der Waals surface area contributed by atoms with E-state index in [1.54, 1.807) is 0 Å². The van der Waals surface area contributed by atoms with Gasteiger partial charge < -0.3 is 0 Å². The molecule has 0 saturated carbocycles. The van der Waals surface area contributed by atoms with Crippen molar-refractivity contribution in [1.82, 2.24) is 0 Å². The molecule has 0 rings (SSSR count). The molecule has 0 aromatic carbocycles. The zero-order chi connectivity index (χ0) is 5.21. The van der Waals surface area contributed by atoms with E-state index in [0.717, 1.165) is 0 Å². The van der Waals surface area contributed by atoms with Gasteiger partial charge in [0.2, 0.25) is 9.57 Å². The fourth-order valence-corrected chi connectivity index (χ4v) is 0. The monoisotopic (exact) mass is 142 g/mol. The molecule has 1 N–H and O–H groups in total. The van der Waals surface area contributed by atoms with Crippen LogP contribution in [-0.4, -0.2) is 30.9 Å². The Balaban J connectivity index is 3.85. The molecule has 0 aromatic heterocycles. The van der Waals surface area contributed by atoms with Gasteiger partial charge in [0.05, 0.1) is 0 Å². The Morgan fingerprint density at radius 2 is 1.83 bits per heavy atom. The molecular formula is H6O3SSi2. The van der Waals surface area contributed by atoms with Crippen molar-refractivity contribution in [1.29, 1.82) is 0 Å². The zero-order valence-electron chi connectivity index (χ0n) is 3.38. The van der Waals surface area contributed by atoms with Crippen LogP contribution in [0, 0.1) is 0 Å². The summed E-state index contributed by atoms with van der Waals surface area (Å²) in [4.78, 5) is 0. The van der Waals surface area contributed by atoms with Crippen molar-refractivity contribution in [3.8, 4) is 0 Å². The molecule has 0 aliphatic rings. The third kappa shape index (κ3) is 4.34. The highest BCUT2D eigenvalue weighted by molar-refractivity contribution is 8.15. The molecule has 0 fully saturated rings. The van der Waals surface area contributed by atoms with Crippen LogP contribution in [-0.2, 0) is 9.57 Å². The van der Waals surface area contributed by atoms with Crippen molar-refractivity contribution in [2.24, 2.45) is 0 Å². The summed E-state index contributed by atoms with van der Waals surface area (Å²) < 4.78 is 27.2. The second-order valence-electron chi connectivity index (χ2n) is 0.871. The topological polar surface area (TPSA) is 54.4 Å². The summed E-state index contributed by atoms with van der Waals surface area (Å²) in [5.74, 6) is 0. The van der Waals surface area contributed by atoms with E-state index in [1.165, 1.54) is 0 Å². The van der Waals surface area contributed by atoms with Crippen molar-refractivity contribution in [3.63, 3.8) is 0 Å². The van der Waals surface area contributed by atoms with E-state index < -0.39 is 17.8 Å². The second kappa shape index (κ2) is 1.87. The first-order chi connectivity index (χ1) is 2.56. The average molecular weight is 142 g/mol. The molecule has 0 atom stereocenters. The van der Waals surface area contributed by atoms with Crippen molar-refractivity contribution < 1.29 is 13.0 Å². The summed E-state index contributed by atoms with van der Waals surface area (Å²) in [5, 5.41) is 0. The number of rotatable bonds is 1. The Kier molecular flexibility index (Phi) is 1.98. The fraction of sp³-hybridized carbons (Fsp3) is 0. The van der Waals surface area contributed by atoms with Crippen LogP contribution in [0.3, 0.4) is 0 Å². The van der Waals surface area contributed by atoms with Crippen molar-refractivity contribution in [2.45, 2.75) is 0 Å². The van der Waals surface area contributed by atoms with Gasteiger partial charge in [-0.1, -0.05) is 0 Å². The zero-order valence-corrected chi connectivity index (χ0v) is 7.61. The van der Waals surface area contributed by atoms with Gasteiger partial charge in [0.25, 0.3) is 0 Å². The summed E-state index contributed by atoms with van der Waals surface area (Å²) in [6, 6.07) is 0. The van der Waals surface area contributed by atoms with Crippen molar-refractivity contribution in [3.05, 3.63) is 0 Å². The summed E-state index contributed by atoms with van der Waals surface area (Å²) >= 11 is 0. The quantitative estimate of drug-likeness (QED) is 0.319. The fourth-order valence-electron chi connectivity index (χ4n) is 0. The summed E-state index contributed by atoms with van der Waals surface area (Å²) in [6.45, 7) is 0. The first-order valence-corrected chi connectivity index (χ1v) is 10.5. The molecule has 3 nitrogen and oxygen atoms in total. The smallest absolute Gasteiger partial charge is 0.217 e. The average Bonchev–Trinajstić information content (AvgIpc) is 1.35. The van der Waals surface area contributed by atoms with Gasteiger partial charge in [0, 0.05) is 9.76 Å². The minimum absolute atomic E-state index is 0.649. The molecule has 6 heteroatoms. The Bertz CT molecular complexity index is 111. The molecule has 0 bridgehead atoms. The van der Waals surface area contributed by atoms with Crippen LogP contribution in [0.1, 0.15) is 0 Å². The van der Waals surface area contributed by atoms with Gasteiger partial charge >= 0.3 is 0 Å². The van der Waals surface area contributed by atoms with Gasteiger partial charge in [-0.2, -0.15) is 0 Å². The van der Waals surface area contributed by atoms with Gasteiger partial charge in [0.1, 0.15) is 0 Å². The lowest BCUT2D eigenvalue weighted by Crippen LogP contribution is -2.06. The lowest BCUT2D eigenvalue weighted by atomic mass is 15.9. The predicted molar refractivity (Wildman–Crippen MR) is 30.0 cm³/mol. The maximum Gasteiger partial charge on any atom is 0.217 e. The number of hydrogen-bond acceptors (Lipinski definition) is 2. The SMILES string of the molecule is O=S(=O)(O)[SiH2][SiH3]. The third-order valence-electron chi connectivity index (χ3n) is 0.365. The third-order valence-corrected chi connectivity index (χ3v) is 9.85. The van der Waals surface area contributed by atoms with E-state index in [0.29, 0.717) is 9.76 Å². The van der Waals surface area contributed by atoms with Gasteiger partial charge in [-0.15, -0.1) is 0 Å². The molecule has 0 aromatic rings. The van der Waals surface area contributed by atoms with Gasteiger partial charge in [-0.3, -0.25) is 4.55 Å². The van der Waals surface area contributed by atoms with Gasteiger partial charge in [-0.05, 0) is 0 Å². The Hall–Kier alpha value is 0.344. The minimum atomic E-state index is -3.46. The summed E-state index contributed by atoms with van der Waals surface area (Å²) in [6.07, 6.45) is 0. The Morgan fingerprint density at radius 1 is 1.67 bits per heavy atom. The van der Waals surface area contributed by atoms with Crippen LogP contribution in [0.2, 0.25) is 0 Å². The highest BCUT2D eigenvalue weighted by Gasteiger charge is 1.94. The van der Waals surface area contributed by atoms with Crippen LogP contribution in [0.15, 0.2) is 0 Å². The molecule has 0 spiro atoms. The normalized spacial score (nSPS) is 14.2. The molecular weight excluding hydrogens is 136 g/mol. The van der Waals surface area contributed by atoms with Crippen molar-refractivity contribution in [2.75, 3.05) is 0 Å². The van der Waals surface area contributed by atoms with Gasteiger partial charge in [0.15, 0.2) is 8.19 Å².